The summed E-state index contributed by atoms with van der Waals surface area (Å²) in [5.74, 6) is 0. The molecule has 2 nitrogen and oxygen atoms in total. The Bertz CT molecular complexity index is 212. The smallest absolute Gasteiger partial charge is 0.0695 e. The first-order valence-corrected chi connectivity index (χ1v) is 8.05. The molecule has 0 amide bonds. The number of nitrogens with zero attached hydrogens (tertiary/aromatic N) is 1. The van der Waals surface area contributed by atoms with E-state index >= 15 is 0 Å². The van der Waals surface area contributed by atoms with Gasteiger partial charge in [0.15, 0.2) is 0 Å². The molecule has 3 heteroatoms. The Balaban J connectivity index is 1.94. The van der Waals surface area contributed by atoms with Crippen LogP contribution in [0, 0.1) is 0 Å². The van der Waals surface area contributed by atoms with E-state index in [9.17, 15) is 5.11 Å². The minimum Gasteiger partial charge on any atom is -0.391 e. The van der Waals surface area contributed by atoms with E-state index in [1.165, 1.54) is 51.6 Å². The number of hydrogen-bond donors (Lipinski definition) is 1. The van der Waals surface area contributed by atoms with Crippen LogP contribution in [0.2, 0.25) is 0 Å². The lowest BCUT2D eigenvalue weighted by Crippen LogP contribution is -2.47. The van der Waals surface area contributed by atoms with Crippen LogP contribution in [-0.2, 0) is 0 Å². The van der Waals surface area contributed by atoms with Crippen LogP contribution in [0.15, 0.2) is 0 Å². The van der Waals surface area contributed by atoms with Crippen molar-refractivity contribution in [1.82, 2.24) is 4.90 Å². The van der Waals surface area contributed by atoms with Gasteiger partial charge in [0.05, 0.1) is 6.10 Å². The van der Waals surface area contributed by atoms with Crippen molar-refractivity contribution in [2.75, 3.05) is 19.3 Å². The van der Waals surface area contributed by atoms with Gasteiger partial charge in [0.1, 0.15) is 0 Å². The molecule has 94 valence electrons. The summed E-state index contributed by atoms with van der Waals surface area (Å²) in [7, 11) is 0. The highest BCUT2D eigenvalue weighted by Crippen LogP contribution is 2.28. The molecular weight excluding hydrogens is 218 g/mol. The van der Waals surface area contributed by atoms with E-state index in [1.54, 1.807) is 0 Å². The standard InChI is InChI=1S/C13H25NOS/c1-16-11-6-4-5-9-14(10-11)12-7-2-3-8-13(12)15/h11-13,15H,2-10H2,1H3. The number of thioether (sulfide) groups is 1. The average molecular weight is 243 g/mol. The fraction of sp³-hybridized carbons (Fsp3) is 1.00. The molecule has 16 heavy (non-hydrogen) atoms. The lowest BCUT2D eigenvalue weighted by molar-refractivity contribution is 0.0219. The third-order valence-corrected chi connectivity index (χ3v) is 5.21. The first kappa shape index (κ1) is 12.7. The van der Waals surface area contributed by atoms with Gasteiger partial charge in [-0.3, -0.25) is 4.90 Å². The second-order valence-corrected chi connectivity index (χ2v) is 6.41. The zero-order valence-corrected chi connectivity index (χ0v) is 11.2. The molecule has 0 aromatic heterocycles. The number of rotatable bonds is 2. The van der Waals surface area contributed by atoms with E-state index in [-0.39, 0.29) is 6.10 Å². The molecule has 0 aromatic carbocycles. The predicted octanol–water partition coefficient (Wildman–Crippen LogP) is 2.51. The molecule has 1 heterocycles. The monoisotopic (exact) mass is 243 g/mol. The van der Waals surface area contributed by atoms with Gasteiger partial charge in [0.2, 0.25) is 0 Å². The molecule has 0 bridgehead atoms. The molecule has 1 aliphatic heterocycles. The number of aliphatic hydroxyl groups is 1. The van der Waals surface area contributed by atoms with Crippen LogP contribution < -0.4 is 0 Å². The van der Waals surface area contributed by atoms with Gasteiger partial charge in [0.25, 0.3) is 0 Å². The Hall–Kier alpha value is 0.270. The van der Waals surface area contributed by atoms with Crippen LogP contribution in [0.5, 0.6) is 0 Å². The van der Waals surface area contributed by atoms with Crippen molar-refractivity contribution in [3.05, 3.63) is 0 Å². The van der Waals surface area contributed by atoms with Crippen molar-refractivity contribution >= 4 is 11.8 Å². The van der Waals surface area contributed by atoms with Crippen LogP contribution in [0.25, 0.3) is 0 Å². The second kappa shape index (κ2) is 6.27. The fourth-order valence-electron chi connectivity index (χ4n) is 3.14. The molecule has 0 aromatic rings. The van der Waals surface area contributed by atoms with Crippen molar-refractivity contribution < 1.29 is 5.11 Å². The average Bonchev–Trinajstić information content (AvgIpc) is 2.55. The minimum atomic E-state index is -0.0608. The Morgan fingerprint density at radius 1 is 1.06 bits per heavy atom. The third-order valence-electron chi connectivity index (χ3n) is 4.16. The summed E-state index contributed by atoms with van der Waals surface area (Å²) >= 11 is 2.00. The van der Waals surface area contributed by atoms with E-state index in [4.69, 9.17) is 0 Å². The lowest BCUT2D eigenvalue weighted by Gasteiger charge is -2.38. The molecule has 0 radical (unpaired) electrons. The van der Waals surface area contributed by atoms with Crippen LogP contribution in [0.3, 0.4) is 0 Å². The van der Waals surface area contributed by atoms with Crippen molar-refractivity contribution in [3.63, 3.8) is 0 Å². The molecule has 1 saturated heterocycles. The first-order chi connectivity index (χ1) is 7.81. The van der Waals surface area contributed by atoms with Crippen molar-refractivity contribution in [3.8, 4) is 0 Å². The normalized spacial score (nSPS) is 38.2. The van der Waals surface area contributed by atoms with Crippen LogP contribution in [-0.4, -0.2) is 46.7 Å². The third kappa shape index (κ3) is 3.14. The maximum Gasteiger partial charge on any atom is 0.0695 e. The summed E-state index contributed by atoms with van der Waals surface area (Å²) in [5, 5.41) is 10.9. The van der Waals surface area contributed by atoms with Crippen LogP contribution in [0.1, 0.15) is 44.9 Å². The van der Waals surface area contributed by atoms with Gasteiger partial charge in [-0.05, 0) is 38.5 Å². The van der Waals surface area contributed by atoms with Gasteiger partial charge >= 0.3 is 0 Å². The van der Waals surface area contributed by atoms with E-state index < -0.39 is 0 Å². The fourth-order valence-corrected chi connectivity index (χ4v) is 3.89. The van der Waals surface area contributed by atoms with Gasteiger partial charge in [-0.1, -0.05) is 19.3 Å². The van der Waals surface area contributed by atoms with Gasteiger partial charge in [0, 0.05) is 17.8 Å². The van der Waals surface area contributed by atoms with Gasteiger partial charge < -0.3 is 5.11 Å². The van der Waals surface area contributed by atoms with Gasteiger partial charge in [-0.25, -0.2) is 0 Å². The number of hydrogen-bond acceptors (Lipinski definition) is 3. The molecule has 1 aliphatic carbocycles. The highest BCUT2D eigenvalue weighted by Gasteiger charge is 2.30. The quantitative estimate of drug-likeness (QED) is 0.806. The first-order valence-electron chi connectivity index (χ1n) is 6.76. The Labute approximate surface area is 104 Å². The minimum absolute atomic E-state index is 0.0608. The molecule has 3 unspecified atom stereocenters. The summed E-state index contributed by atoms with van der Waals surface area (Å²) in [6, 6.07) is 0.460. The Kier molecular flexibility index (Phi) is 4.98. The van der Waals surface area contributed by atoms with Gasteiger partial charge in [-0.2, -0.15) is 11.8 Å². The zero-order chi connectivity index (χ0) is 11.4. The summed E-state index contributed by atoms with van der Waals surface area (Å²) in [4.78, 5) is 2.58. The highest BCUT2D eigenvalue weighted by molar-refractivity contribution is 7.99. The van der Waals surface area contributed by atoms with Gasteiger partial charge in [-0.15, -0.1) is 0 Å². The van der Waals surface area contributed by atoms with E-state index in [1.807, 2.05) is 11.8 Å². The lowest BCUT2D eigenvalue weighted by atomic mass is 9.91. The van der Waals surface area contributed by atoms with E-state index in [0.717, 1.165) is 11.7 Å². The Morgan fingerprint density at radius 3 is 2.56 bits per heavy atom. The van der Waals surface area contributed by atoms with E-state index in [0.29, 0.717) is 6.04 Å². The second-order valence-electron chi connectivity index (χ2n) is 5.27. The topological polar surface area (TPSA) is 23.5 Å². The maximum absolute atomic E-state index is 10.1. The zero-order valence-electron chi connectivity index (χ0n) is 10.4. The van der Waals surface area contributed by atoms with Crippen molar-refractivity contribution in [1.29, 1.82) is 0 Å². The molecule has 0 spiro atoms. The summed E-state index contributed by atoms with van der Waals surface area (Å²) in [5.41, 5.74) is 0. The molecule has 1 saturated carbocycles. The van der Waals surface area contributed by atoms with Crippen LogP contribution >= 0.6 is 11.8 Å². The SMILES string of the molecule is CSC1CCCCN(C2CCCCC2O)C1. The van der Waals surface area contributed by atoms with Crippen molar-refractivity contribution in [2.45, 2.75) is 62.3 Å². The predicted molar refractivity (Wildman–Crippen MR) is 71.0 cm³/mol. The Morgan fingerprint density at radius 2 is 1.81 bits per heavy atom. The molecular formula is C13H25NOS. The maximum atomic E-state index is 10.1. The summed E-state index contributed by atoms with van der Waals surface area (Å²) in [6.45, 7) is 2.40. The summed E-state index contributed by atoms with van der Waals surface area (Å²) in [6.07, 6.45) is 11.0. The molecule has 2 rings (SSSR count). The highest BCUT2D eigenvalue weighted by atomic mass is 32.2. The largest absolute Gasteiger partial charge is 0.391 e. The summed E-state index contributed by atoms with van der Waals surface area (Å²) < 4.78 is 0. The molecule has 2 fully saturated rings. The molecule has 3 atom stereocenters. The molecule has 2 aliphatic rings. The van der Waals surface area contributed by atoms with Crippen LogP contribution in [0.4, 0.5) is 0 Å². The number of likely N-dealkylation sites (tertiary alicyclic amines) is 1. The van der Waals surface area contributed by atoms with Crippen molar-refractivity contribution in [2.24, 2.45) is 0 Å². The number of aliphatic hydroxyl groups excluding tert-OH is 1. The van der Waals surface area contributed by atoms with E-state index in [2.05, 4.69) is 11.2 Å². The molecule has 1 N–H and O–H groups in total.